The molecule has 67 heavy (non-hydrogen) atoms. The van der Waals surface area contributed by atoms with Gasteiger partial charge in [-0.2, -0.15) is 0 Å². The van der Waals surface area contributed by atoms with Gasteiger partial charge in [0.25, 0.3) is 0 Å². The molecule has 0 aromatic rings. The summed E-state index contributed by atoms with van der Waals surface area (Å²) in [6.45, 7) is 14.4. The molecule has 3 saturated heterocycles. The van der Waals surface area contributed by atoms with Crippen molar-refractivity contribution in [2.45, 2.75) is 223 Å². The van der Waals surface area contributed by atoms with Gasteiger partial charge in [0, 0.05) is 10.8 Å². The Hall–Kier alpha value is -1.02. The average Bonchev–Trinajstić information content (AvgIpc) is 3.54. The first-order valence-electron chi connectivity index (χ1n) is 24.5. The van der Waals surface area contributed by atoms with E-state index >= 15 is 0 Å². The summed E-state index contributed by atoms with van der Waals surface area (Å²) < 4.78 is 35.5. The fourth-order valence-electron chi connectivity index (χ4n) is 14.1. The third-order valence-corrected chi connectivity index (χ3v) is 18.7. The summed E-state index contributed by atoms with van der Waals surface area (Å²) in [5, 5.41) is 141. The van der Waals surface area contributed by atoms with Crippen LogP contribution in [0.1, 0.15) is 107 Å². The Bertz CT molecular complexity index is 1710. The number of aliphatic hydroxyl groups is 13. The lowest BCUT2D eigenvalue weighted by atomic mass is 9.38. The first-order chi connectivity index (χ1) is 31.2. The molecule has 19 heteroatoms. The van der Waals surface area contributed by atoms with Crippen molar-refractivity contribution in [3.8, 4) is 0 Å². The SMILES string of the molecule is C[C@H](CC[C@@H](O[C@@H]1O[C@H](CO[C@H]2O[C@H](CO)[C@@H](O)[C@H](O)[C@H]2O)[C@@H](O)[C@H](O)[C@H]1O[C@H]1O[C@@H](CO)[C@H](O)[C@@H](O)[C@@H]1O)C(C)(C)O)C1CC[C@@]2(C)C3CC=C4C(CC[C@H](O)C4(C)C)[C@]3(C)[C@H](O)C[C@]12C. The first kappa shape index (κ1) is 53.8. The maximum Gasteiger partial charge on any atom is 0.187 e. The van der Waals surface area contributed by atoms with Gasteiger partial charge in [-0.1, -0.05) is 53.2 Å². The van der Waals surface area contributed by atoms with E-state index in [9.17, 15) is 66.4 Å². The maximum absolute atomic E-state index is 12.4. The molecule has 13 N–H and O–H groups in total. The van der Waals surface area contributed by atoms with Crippen LogP contribution in [0.5, 0.6) is 0 Å². The summed E-state index contributed by atoms with van der Waals surface area (Å²) >= 11 is 0. The minimum atomic E-state index is -1.90. The quantitative estimate of drug-likeness (QED) is 0.0924. The number of hydrogen-bond acceptors (Lipinski definition) is 19. The Kier molecular flexibility index (Phi) is 15.9. The lowest BCUT2D eigenvalue weighted by molar-refractivity contribution is -0.380. The zero-order valence-corrected chi connectivity index (χ0v) is 40.3. The Balaban J connectivity index is 1.10. The van der Waals surface area contributed by atoms with E-state index in [4.69, 9.17) is 28.4 Å². The van der Waals surface area contributed by atoms with Crippen molar-refractivity contribution in [2.75, 3.05) is 19.8 Å². The average molecular weight is 963 g/mol. The Morgan fingerprint density at radius 2 is 1.24 bits per heavy atom. The monoisotopic (exact) mass is 963 g/mol. The van der Waals surface area contributed by atoms with Crippen LogP contribution >= 0.6 is 0 Å². The van der Waals surface area contributed by atoms with Gasteiger partial charge in [0.15, 0.2) is 18.9 Å². The van der Waals surface area contributed by atoms with Crippen LogP contribution in [0.15, 0.2) is 11.6 Å². The number of ether oxygens (including phenoxy) is 6. The molecule has 0 aromatic carbocycles. The van der Waals surface area contributed by atoms with Crippen LogP contribution in [0, 0.1) is 45.3 Å². The molecule has 3 heterocycles. The molecule has 0 radical (unpaired) electrons. The number of rotatable bonds is 14. The van der Waals surface area contributed by atoms with Crippen molar-refractivity contribution < 1.29 is 94.8 Å². The lowest BCUT2D eigenvalue weighted by Crippen LogP contribution is -2.65. The highest BCUT2D eigenvalue weighted by molar-refractivity contribution is 5.31. The number of allylic oxidation sites excluding steroid dienone is 1. The second-order valence-corrected chi connectivity index (χ2v) is 23.1. The molecule has 4 aliphatic carbocycles. The normalized spacial score (nSPS) is 51.0. The van der Waals surface area contributed by atoms with E-state index in [0.717, 1.165) is 25.7 Å². The molecular weight excluding hydrogens is 881 g/mol. The Morgan fingerprint density at radius 3 is 1.84 bits per heavy atom. The van der Waals surface area contributed by atoms with Crippen molar-refractivity contribution in [3.63, 3.8) is 0 Å². The minimum Gasteiger partial charge on any atom is -0.394 e. The van der Waals surface area contributed by atoms with Crippen LogP contribution < -0.4 is 0 Å². The zero-order chi connectivity index (χ0) is 49.5. The Labute approximate surface area is 393 Å². The minimum absolute atomic E-state index is 0.0795. The van der Waals surface area contributed by atoms with Crippen molar-refractivity contribution in [3.05, 3.63) is 11.6 Å². The zero-order valence-electron chi connectivity index (χ0n) is 40.3. The van der Waals surface area contributed by atoms with Gasteiger partial charge in [-0.25, -0.2) is 0 Å². The van der Waals surface area contributed by atoms with Gasteiger partial charge in [0.05, 0.1) is 43.7 Å². The highest BCUT2D eigenvalue weighted by Crippen LogP contribution is 2.75. The van der Waals surface area contributed by atoms with Gasteiger partial charge in [-0.05, 0) is 99.7 Å². The van der Waals surface area contributed by atoms with Crippen LogP contribution in [-0.2, 0) is 28.4 Å². The summed E-state index contributed by atoms with van der Waals surface area (Å²) in [6, 6.07) is 0. The van der Waals surface area contributed by atoms with Crippen LogP contribution in [-0.4, -0.2) is 202 Å². The molecule has 0 spiro atoms. The van der Waals surface area contributed by atoms with Crippen LogP contribution in [0.3, 0.4) is 0 Å². The molecule has 3 aliphatic heterocycles. The van der Waals surface area contributed by atoms with Crippen molar-refractivity contribution in [1.29, 1.82) is 0 Å². The predicted molar refractivity (Wildman–Crippen MR) is 235 cm³/mol. The Morgan fingerprint density at radius 1 is 0.672 bits per heavy atom. The summed E-state index contributed by atoms with van der Waals surface area (Å²) in [6.07, 6.45) is -19.2. The molecule has 25 atom stereocenters. The highest BCUT2D eigenvalue weighted by atomic mass is 16.8. The first-order valence-corrected chi connectivity index (χ1v) is 24.5. The fraction of sp³-hybridized carbons (Fsp3) is 0.958. The summed E-state index contributed by atoms with van der Waals surface area (Å²) in [4.78, 5) is 0. The molecule has 19 nitrogen and oxygen atoms in total. The van der Waals surface area contributed by atoms with Crippen molar-refractivity contribution >= 4 is 0 Å². The molecular formula is C48H82O19. The molecule has 3 saturated carbocycles. The number of aliphatic hydroxyl groups excluding tert-OH is 12. The highest BCUT2D eigenvalue weighted by Gasteiger charge is 2.70. The summed E-state index contributed by atoms with van der Waals surface area (Å²) in [5.74, 6) is 0.678. The lowest BCUT2D eigenvalue weighted by Gasteiger charge is -2.67. The molecule has 0 aromatic heterocycles. The van der Waals surface area contributed by atoms with Crippen LogP contribution in [0.4, 0.5) is 0 Å². The molecule has 0 bridgehead atoms. The van der Waals surface area contributed by atoms with E-state index < -0.39 is 136 Å². The standard InChI is InChI=1S/C48H82O19/c1-21(22-15-16-46(6)28-12-10-23-24(11-13-29(51)44(23,2)3)48(28,8)30(52)17-47(22,46)7)9-14-31(45(4,5)61)66-43-40(67-42-39(60)36(57)33(54)26(19-50)64-42)37(58)34(55)27(65-43)20-62-41-38(59)35(56)32(53)25(18-49)63-41/h10,21-22,24-43,49-61H,9,11-20H2,1-8H3/t21-,22?,24?,25-,26+,27-,28?,29+,30-,31-,32-,33+,34-,35+,36-,37+,38-,39+,40-,41+,42-,43+,46+,47-,48+/m1/s1. The van der Waals surface area contributed by atoms with Gasteiger partial charge < -0.3 is 94.8 Å². The van der Waals surface area contributed by atoms with Gasteiger partial charge in [-0.15, -0.1) is 0 Å². The maximum atomic E-state index is 12.4. The summed E-state index contributed by atoms with van der Waals surface area (Å²) in [5.41, 5.74) is -1.32. The van der Waals surface area contributed by atoms with Crippen LogP contribution in [0.25, 0.3) is 0 Å². The summed E-state index contributed by atoms with van der Waals surface area (Å²) in [7, 11) is 0. The van der Waals surface area contributed by atoms with E-state index in [1.165, 1.54) is 5.57 Å². The predicted octanol–water partition coefficient (Wildman–Crippen LogP) is -1.06. The molecule has 0 amide bonds. The molecule has 388 valence electrons. The molecule has 3 unspecified atom stereocenters. The van der Waals surface area contributed by atoms with E-state index in [0.29, 0.717) is 19.3 Å². The molecule has 7 aliphatic rings. The van der Waals surface area contributed by atoms with Gasteiger partial charge in [-0.3, -0.25) is 0 Å². The van der Waals surface area contributed by atoms with Crippen molar-refractivity contribution in [1.82, 2.24) is 0 Å². The molecule has 6 fully saturated rings. The topological polar surface area (TPSA) is 318 Å². The number of hydrogen-bond donors (Lipinski definition) is 13. The van der Waals surface area contributed by atoms with E-state index in [-0.39, 0.29) is 51.8 Å². The smallest absolute Gasteiger partial charge is 0.187 e. The third kappa shape index (κ3) is 9.24. The van der Waals surface area contributed by atoms with E-state index in [1.54, 1.807) is 13.8 Å². The van der Waals surface area contributed by atoms with Crippen LogP contribution in [0.2, 0.25) is 0 Å². The van der Waals surface area contributed by atoms with E-state index in [2.05, 4.69) is 47.6 Å². The van der Waals surface area contributed by atoms with Gasteiger partial charge in [0.1, 0.15) is 73.2 Å². The second kappa shape index (κ2) is 19.8. The second-order valence-electron chi connectivity index (χ2n) is 23.1. The van der Waals surface area contributed by atoms with Gasteiger partial charge >= 0.3 is 0 Å². The van der Waals surface area contributed by atoms with Gasteiger partial charge in [0.2, 0.25) is 0 Å². The molecule has 7 rings (SSSR count). The third-order valence-electron chi connectivity index (χ3n) is 18.7. The fourth-order valence-corrected chi connectivity index (χ4v) is 14.1. The number of fused-ring (bicyclic) bond motifs is 5. The van der Waals surface area contributed by atoms with E-state index in [1.807, 2.05) is 0 Å². The largest absolute Gasteiger partial charge is 0.394 e. The van der Waals surface area contributed by atoms with Crippen molar-refractivity contribution in [2.24, 2.45) is 45.3 Å².